The Morgan fingerprint density at radius 2 is 2.00 bits per heavy atom. The van der Waals surface area contributed by atoms with Crippen LogP contribution < -0.4 is 5.32 Å². The molecule has 106 valence electrons. The average molecular weight is 267 g/mol. The van der Waals surface area contributed by atoms with E-state index in [0.29, 0.717) is 5.69 Å². The Morgan fingerprint density at radius 3 is 2.42 bits per heavy atom. The molecular weight excluding hydrogens is 246 g/mol. The Labute approximate surface area is 113 Å². The van der Waals surface area contributed by atoms with Crippen molar-refractivity contribution in [2.45, 2.75) is 46.3 Å². The minimum Gasteiger partial charge on any atom is -0.458 e. The Kier molecular flexibility index (Phi) is 4.34. The molecule has 1 aromatic heterocycles. The number of hydrogen-bond acceptors (Lipinski definition) is 4. The van der Waals surface area contributed by atoms with Crippen molar-refractivity contribution in [2.24, 2.45) is 7.05 Å². The Morgan fingerprint density at radius 1 is 1.42 bits per heavy atom. The molecule has 1 heterocycles. The summed E-state index contributed by atoms with van der Waals surface area (Å²) in [7, 11) is 1.68. The van der Waals surface area contributed by atoms with Crippen LogP contribution in [0.5, 0.6) is 0 Å². The first-order valence-corrected chi connectivity index (χ1v) is 6.14. The quantitative estimate of drug-likeness (QED) is 0.835. The van der Waals surface area contributed by atoms with Crippen LogP contribution in [0.25, 0.3) is 0 Å². The van der Waals surface area contributed by atoms with Crippen LogP contribution in [0.15, 0.2) is 6.07 Å². The molecule has 1 atom stereocenters. The number of carbonyl (C=O) groups is 2. The third-order valence-electron chi connectivity index (χ3n) is 2.34. The van der Waals surface area contributed by atoms with E-state index in [4.69, 9.17) is 4.74 Å². The molecule has 0 bridgehead atoms. The lowest BCUT2D eigenvalue weighted by Crippen LogP contribution is -2.42. The van der Waals surface area contributed by atoms with E-state index in [0.717, 1.165) is 5.69 Å². The molecule has 0 spiro atoms. The molecule has 0 saturated carbocycles. The van der Waals surface area contributed by atoms with E-state index in [2.05, 4.69) is 10.4 Å². The first-order chi connectivity index (χ1) is 8.60. The Hall–Kier alpha value is -1.85. The highest BCUT2D eigenvalue weighted by Crippen LogP contribution is 2.09. The molecule has 0 aliphatic carbocycles. The molecular formula is C13H21N3O3. The van der Waals surface area contributed by atoms with E-state index in [-0.39, 0.29) is 5.91 Å². The third-order valence-corrected chi connectivity index (χ3v) is 2.34. The summed E-state index contributed by atoms with van der Waals surface area (Å²) in [4.78, 5) is 23.7. The summed E-state index contributed by atoms with van der Waals surface area (Å²) >= 11 is 0. The van der Waals surface area contributed by atoms with Crippen molar-refractivity contribution >= 4 is 11.9 Å². The second-order valence-corrected chi connectivity index (χ2v) is 5.52. The van der Waals surface area contributed by atoms with Gasteiger partial charge in [0.2, 0.25) is 0 Å². The van der Waals surface area contributed by atoms with Crippen molar-refractivity contribution in [3.8, 4) is 0 Å². The number of hydrogen-bond donors (Lipinski definition) is 1. The standard InChI is InChI=1S/C13H21N3O3/c1-8-7-10(16(6)15-8)11(17)14-9(2)12(18)19-13(3,4)5/h7,9H,1-6H3,(H,14,17)/t9-/m1/s1. The Balaban J connectivity index is 2.67. The number of nitrogens with zero attached hydrogens (tertiary/aromatic N) is 2. The second-order valence-electron chi connectivity index (χ2n) is 5.52. The summed E-state index contributed by atoms with van der Waals surface area (Å²) in [5.74, 6) is -0.804. The van der Waals surface area contributed by atoms with Gasteiger partial charge < -0.3 is 10.1 Å². The minimum absolute atomic E-state index is 0.346. The van der Waals surface area contributed by atoms with Crippen LogP contribution in [-0.4, -0.2) is 33.3 Å². The number of aromatic nitrogens is 2. The summed E-state index contributed by atoms with van der Waals surface area (Å²) < 4.78 is 6.67. The van der Waals surface area contributed by atoms with E-state index >= 15 is 0 Å². The van der Waals surface area contributed by atoms with E-state index in [1.165, 1.54) is 4.68 Å². The largest absolute Gasteiger partial charge is 0.458 e. The average Bonchev–Trinajstić information content (AvgIpc) is 2.55. The lowest BCUT2D eigenvalue weighted by Gasteiger charge is -2.22. The molecule has 0 radical (unpaired) electrons. The molecule has 1 N–H and O–H groups in total. The summed E-state index contributed by atoms with van der Waals surface area (Å²) in [6.07, 6.45) is 0. The normalized spacial score (nSPS) is 12.9. The van der Waals surface area contributed by atoms with Crippen molar-refractivity contribution in [3.05, 3.63) is 17.5 Å². The van der Waals surface area contributed by atoms with Gasteiger partial charge in [-0.05, 0) is 40.7 Å². The lowest BCUT2D eigenvalue weighted by molar-refractivity contribution is -0.156. The van der Waals surface area contributed by atoms with Gasteiger partial charge in [0, 0.05) is 7.05 Å². The van der Waals surface area contributed by atoms with Crippen LogP contribution in [0.4, 0.5) is 0 Å². The number of ether oxygens (including phenoxy) is 1. The highest BCUT2D eigenvalue weighted by Gasteiger charge is 2.24. The molecule has 6 heteroatoms. The number of amides is 1. The molecule has 0 aliphatic heterocycles. The van der Waals surface area contributed by atoms with Gasteiger partial charge in [-0.3, -0.25) is 9.48 Å². The van der Waals surface area contributed by atoms with Crippen molar-refractivity contribution in [2.75, 3.05) is 0 Å². The summed E-state index contributed by atoms with van der Waals surface area (Å²) in [6, 6.07) is 0.957. The lowest BCUT2D eigenvalue weighted by atomic mass is 10.2. The van der Waals surface area contributed by atoms with Crippen LogP contribution in [0.1, 0.15) is 43.9 Å². The number of rotatable bonds is 3. The first-order valence-electron chi connectivity index (χ1n) is 6.14. The highest BCUT2D eigenvalue weighted by atomic mass is 16.6. The third kappa shape index (κ3) is 4.39. The van der Waals surface area contributed by atoms with Gasteiger partial charge in [-0.15, -0.1) is 0 Å². The Bertz CT molecular complexity index is 486. The van der Waals surface area contributed by atoms with Gasteiger partial charge in [-0.1, -0.05) is 0 Å². The number of carbonyl (C=O) groups excluding carboxylic acids is 2. The molecule has 0 fully saturated rings. The fourth-order valence-electron chi connectivity index (χ4n) is 1.54. The van der Waals surface area contributed by atoms with Gasteiger partial charge >= 0.3 is 5.97 Å². The second kappa shape index (κ2) is 5.42. The smallest absolute Gasteiger partial charge is 0.328 e. The van der Waals surface area contributed by atoms with Crippen molar-refractivity contribution < 1.29 is 14.3 Å². The zero-order valence-corrected chi connectivity index (χ0v) is 12.3. The van der Waals surface area contributed by atoms with Gasteiger partial charge in [-0.2, -0.15) is 5.10 Å². The SMILES string of the molecule is Cc1cc(C(=O)N[C@H](C)C(=O)OC(C)(C)C)n(C)n1. The number of aryl methyl sites for hydroxylation is 2. The van der Waals surface area contributed by atoms with Crippen molar-refractivity contribution in [1.82, 2.24) is 15.1 Å². The van der Waals surface area contributed by atoms with E-state index in [1.54, 1.807) is 47.7 Å². The predicted molar refractivity (Wildman–Crippen MR) is 70.7 cm³/mol. The minimum atomic E-state index is -0.707. The van der Waals surface area contributed by atoms with E-state index in [1.807, 2.05) is 0 Å². The van der Waals surface area contributed by atoms with Gasteiger partial charge in [0.05, 0.1) is 5.69 Å². The molecule has 1 rings (SSSR count). The topological polar surface area (TPSA) is 73.2 Å². The molecule has 0 aliphatic rings. The maximum atomic E-state index is 12.0. The van der Waals surface area contributed by atoms with Crippen LogP contribution in [0.2, 0.25) is 0 Å². The van der Waals surface area contributed by atoms with Gasteiger partial charge in [0.25, 0.3) is 5.91 Å². The fourth-order valence-corrected chi connectivity index (χ4v) is 1.54. The molecule has 19 heavy (non-hydrogen) atoms. The van der Waals surface area contributed by atoms with Gasteiger partial charge in [-0.25, -0.2) is 4.79 Å². The maximum absolute atomic E-state index is 12.0. The molecule has 6 nitrogen and oxygen atoms in total. The van der Waals surface area contributed by atoms with E-state index < -0.39 is 17.6 Å². The van der Waals surface area contributed by atoms with Crippen LogP contribution in [0.3, 0.4) is 0 Å². The highest BCUT2D eigenvalue weighted by molar-refractivity contribution is 5.95. The molecule has 1 amide bonds. The fraction of sp³-hybridized carbons (Fsp3) is 0.615. The van der Waals surface area contributed by atoms with Gasteiger partial charge in [0.1, 0.15) is 17.3 Å². The number of esters is 1. The first kappa shape index (κ1) is 15.2. The molecule has 0 aromatic carbocycles. The van der Waals surface area contributed by atoms with Crippen LogP contribution >= 0.6 is 0 Å². The zero-order chi connectivity index (χ0) is 14.8. The monoisotopic (exact) mass is 267 g/mol. The molecule has 0 unspecified atom stereocenters. The van der Waals surface area contributed by atoms with Crippen LogP contribution in [-0.2, 0) is 16.6 Å². The van der Waals surface area contributed by atoms with Crippen molar-refractivity contribution in [3.63, 3.8) is 0 Å². The summed E-state index contributed by atoms with van der Waals surface area (Å²) in [5.41, 5.74) is 0.588. The number of nitrogens with one attached hydrogen (secondary N) is 1. The van der Waals surface area contributed by atoms with Crippen molar-refractivity contribution in [1.29, 1.82) is 0 Å². The summed E-state index contributed by atoms with van der Waals surface area (Å²) in [5, 5.41) is 6.68. The maximum Gasteiger partial charge on any atom is 0.328 e. The predicted octanol–water partition coefficient (Wildman–Crippen LogP) is 1.19. The summed E-state index contributed by atoms with van der Waals surface area (Å²) in [6.45, 7) is 8.74. The zero-order valence-electron chi connectivity index (χ0n) is 12.3. The molecule has 1 aromatic rings. The van der Waals surface area contributed by atoms with E-state index in [9.17, 15) is 9.59 Å². The van der Waals surface area contributed by atoms with Gasteiger partial charge in [0.15, 0.2) is 0 Å². The van der Waals surface area contributed by atoms with Crippen LogP contribution in [0, 0.1) is 6.92 Å². The molecule has 0 saturated heterocycles.